The maximum atomic E-state index is 11.1. The Kier molecular flexibility index (Phi) is 4.85. The average Bonchev–Trinajstić information content (AvgIpc) is 2.38. The first-order chi connectivity index (χ1) is 9.47. The van der Waals surface area contributed by atoms with Crippen LogP contribution in [0.4, 0.5) is 5.69 Å². The van der Waals surface area contributed by atoms with Gasteiger partial charge in [-0.05, 0) is 54.2 Å². The van der Waals surface area contributed by atoms with Crippen molar-refractivity contribution in [1.29, 1.82) is 0 Å². The molecule has 1 N–H and O–H groups in total. The molecule has 3 unspecified atom stereocenters. The predicted molar refractivity (Wildman–Crippen MR) is 84.8 cm³/mol. The van der Waals surface area contributed by atoms with Gasteiger partial charge in [0.1, 0.15) is 0 Å². The van der Waals surface area contributed by atoms with Gasteiger partial charge in [0, 0.05) is 12.6 Å². The van der Waals surface area contributed by atoms with Gasteiger partial charge in [-0.15, -0.1) is 0 Å². The SMILES string of the molecule is CC(=O)Nc1ccc(C2CC(C)CCC2C(C)C)cc1. The molecule has 0 radical (unpaired) electrons. The van der Waals surface area contributed by atoms with Crippen molar-refractivity contribution in [2.24, 2.45) is 17.8 Å². The van der Waals surface area contributed by atoms with E-state index in [2.05, 4.69) is 38.2 Å². The first-order valence-corrected chi connectivity index (χ1v) is 7.85. The molecule has 1 fully saturated rings. The summed E-state index contributed by atoms with van der Waals surface area (Å²) in [5, 5.41) is 2.84. The minimum absolute atomic E-state index is 0.0101. The monoisotopic (exact) mass is 273 g/mol. The molecule has 2 nitrogen and oxygen atoms in total. The predicted octanol–water partition coefficient (Wildman–Crippen LogP) is 4.82. The Morgan fingerprint density at radius 1 is 1.20 bits per heavy atom. The number of amides is 1. The van der Waals surface area contributed by atoms with Gasteiger partial charge < -0.3 is 5.32 Å². The molecule has 1 amide bonds. The third-order valence-electron chi connectivity index (χ3n) is 4.68. The smallest absolute Gasteiger partial charge is 0.221 e. The van der Waals surface area contributed by atoms with Gasteiger partial charge in [0.2, 0.25) is 5.91 Å². The standard InChI is InChI=1S/C18H27NO/c1-12(2)17-10-5-13(3)11-18(17)15-6-8-16(9-7-15)19-14(4)20/h6-9,12-13,17-18H,5,10-11H2,1-4H3,(H,19,20). The van der Waals surface area contributed by atoms with Gasteiger partial charge in [0.15, 0.2) is 0 Å². The molecule has 1 aromatic rings. The van der Waals surface area contributed by atoms with Gasteiger partial charge in [-0.1, -0.05) is 39.3 Å². The van der Waals surface area contributed by atoms with Crippen LogP contribution in [0.1, 0.15) is 58.4 Å². The highest BCUT2D eigenvalue weighted by molar-refractivity contribution is 5.88. The molecular formula is C18H27NO. The third kappa shape index (κ3) is 3.62. The van der Waals surface area contributed by atoms with E-state index in [1.165, 1.54) is 24.8 Å². The topological polar surface area (TPSA) is 29.1 Å². The molecule has 1 aliphatic rings. The molecule has 110 valence electrons. The molecule has 0 heterocycles. The van der Waals surface area contributed by atoms with Gasteiger partial charge in [0.25, 0.3) is 0 Å². The normalized spacial score (nSPS) is 26.6. The van der Waals surface area contributed by atoms with Crippen molar-refractivity contribution in [3.05, 3.63) is 29.8 Å². The van der Waals surface area contributed by atoms with Gasteiger partial charge >= 0.3 is 0 Å². The molecule has 2 heteroatoms. The fourth-order valence-corrected chi connectivity index (χ4v) is 3.60. The van der Waals surface area contributed by atoms with Gasteiger partial charge in [-0.25, -0.2) is 0 Å². The summed E-state index contributed by atoms with van der Waals surface area (Å²) in [5.74, 6) is 3.01. The highest BCUT2D eigenvalue weighted by Gasteiger charge is 2.31. The quantitative estimate of drug-likeness (QED) is 0.840. The first-order valence-electron chi connectivity index (χ1n) is 7.85. The van der Waals surface area contributed by atoms with Gasteiger partial charge in [-0.3, -0.25) is 4.79 Å². The average molecular weight is 273 g/mol. The van der Waals surface area contributed by atoms with E-state index in [0.717, 1.165) is 23.4 Å². The van der Waals surface area contributed by atoms with E-state index in [0.29, 0.717) is 5.92 Å². The molecular weight excluding hydrogens is 246 g/mol. The van der Waals surface area contributed by atoms with E-state index in [-0.39, 0.29) is 5.91 Å². The van der Waals surface area contributed by atoms with Crippen molar-refractivity contribution in [2.75, 3.05) is 5.32 Å². The maximum Gasteiger partial charge on any atom is 0.221 e. The van der Waals surface area contributed by atoms with Crippen molar-refractivity contribution in [2.45, 2.75) is 52.9 Å². The van der Waals surface area contributed by atoms with E-state index in [1.807, 2.05) is 12.1 Å². The molecule has 3 atom stereocenters. The van der Waals surface area contributed by atoms with E-state index in [1.54, 1.807) is 6.92 Å². The lowest BCUT2D eigenvalue weighted by atomic mass is 9.67. The number of anilines is 1. The molecule has 1 aromatic carbocycles. The Hall–Kier alpha value is -1.31. The number of carbonyl (C=O) groups is 1. The van der Waals surface area contributed by atoms with Crippen LogP contribution in [0.15, 0.2) is 24.3 Å². The van der Waals surface area contributed by atoms with Crippen LogP contribution in [0.25, 0.3) is 0 Å². The lowest BCUT2D eigenvalue weighted by Gasteiger charge is -2.37. The minimum atomic E-state index is -0.0101. The van der Waals surface area contributed by atoms with Crippen LogP contribution in [0.2, 0.25) is 0 Å². The number of carbonyl (C=O) groups excluding carboxylic acids is 1. The van der Waals surface area contributed by atoms with E-state index < -0.39 is 0 Å². The maximum absolute atomic E-state index is 11.1. The Balaban J connectivity index is 2.16. The second kappa shape index (κ2) is 6.43. The summed E-state index contributed by atoms with van der Waals surface area (Å²) in [6.07, 6.45) is 4.00. The zero-order chi connectivity index (χ0) is 14.7. The number of rotatable bonds is 3. The minimum Gasteiger partial charge on any atom is -0.326 e. The first kappa shape index (κ1) is 15.1. The van der Waals surface area contributed by atoms with E-state index in [4.69, 9.17) is 0 Å². The highest BCUT2D eigenvalue weighted by Crippen LogP contribution is 2.44. The zero-order valence-corrected chi connectivity index (χ0v) is 13.1. The molecule has 1 saturated carbocycles. The Labute approximate surface area is 123 Å². The Morgan fingerprint density at radius 2 is 1.85 bits per heavy atom. The summed E-state index contributed by atoms with van der Waals surface area (Å²) in [4.78, 5) is 11.1. The summed E-state index contributed by atoms with van der Waals surface area (Å²) in [6, 6.07) is 8.47. The second-order valence-corrected chi connectivity index (χ2v) is 6.74. The summed E-state index contributed by atoms with van der Waals surface area (Å²) in [5.41, 5.74) is 2.33. The number of benzene rings is 1. The van der Waals surface area contributed by atoms with Crippen LogP contribution >= 0.6 is 0 Å². The van der Waals surface area contributed by atoms with Crippen LogP contribution in [0.5, 0.6) is 0 Å². The number of hydrogen-bond donors (Lipinski definition) is 1. The van der Waals surface area contributed by atoms with Crippen LogP contribution in [-0.2, 0) is 4.79 Å². The third-order valence-corrected chi connectivity index (χ3v) is 4.68. The van der Waals surface area contributed by atoms with E-state index >= 15 is 0 Å². The van der Waals surface area contributed by atoms with Crippen molar-refractivity contribution in [3.63, 3.8) is 0 Å². The largest absolute Gasteiger partial charge is 0.326 e. The fraction of sp³-hybridized carbons (Fsp3) is 0.611. The van der Waals surface area contributed by atoms with Crippen LogP contribution in [0.3, 0.4) is 0 Å². The molecule has 0 spiro atoms. The molecule has 0 saturated heterocycles. The lowest BCUT2D eigenvalue weighted by molar-refractivity contribution is -0.114. The second-order valence-electron chi connectivity index (χ2n) is 6.74. The number of hydrogen-bond acceptors (Lipinski definition) is 1. The number of nitrogens with one attached hydrogen (secondary N) is 1. The van der Waals surface area contributed by atoms with Gasteiger partial charge in [0.05, 0.1) is 0 Å². The van der Waals surface area contributed by atoms with Crippen LogP contribution in [0, 0.1) is 17.8 Å². The lowest BCUT2D eigenvalue weighted by Crippen LogP contribution is -2.26. The summed E-state index contributed by atoms with van der Waals surface area (Å²) in [6.45, 7) is 8.61. The molecule has 0 bridgehead atoms. The van der Waals surface area contributed by atoms with Crippen molar-refractivity contribution >= 4 is 11.6 Å². The summed E-state index contributed by atoms with van der Waals surface area (Å²) < 4.78 is 0. The van der Waals surface area contributed by atoms with E-state index in [9.17, 15) is 4.79 Å². The summed E-state index contributed by atoms with van der Waals surface area (Å²) in [7, 11) is 0. The summed E-state index contributed by atoms with van der Waals surface area (Å²) >= 11 is 0. The zero-order valence-electron chi connectivity index (χ0n) is 13.1. The van der Waals surface area contributed by atoms with Crippen molar-refractivity contribution < 1.29 is 4.79 Å². The molecule has 0 aliphatic heterocycles. The molecule has 1 aliphatic carbocycles. The van der Waals surface area contributed by atoms with Gasteiger partial charge in [-0.2, -0.15) is 0 Å². The van der Waals surface area contributed by atoms with Crippen molar-refractivity contribution in [1.82, 2.24) is 0 Å². The Bertz CT molecular complexity index is 449. The molecule has 0 aromatic heterocycles. The molecule has 2 rings (SSSR count). The molecule has 20 heavy (non-hydrogen) atoms. The highest BCUT2D eigenvalue weighted by atomic mass is 16.1. The van der Waals surface area contributed by atoms with Crippen molar-refractivity contribution in [3.8, 4) is 0 Å². The van der Waals surface area contributed by atoms with Crippen LogP contribution < -0.4 is 5.32 Å². The van der Waals surface area contributed by atoms with Crippen LogP contribution in [-0.4, -0.2) is 5.91 Å². The Morgan fingerprint density at radius 3 is 2.40 bits per heavy atom. The fourth-order valence-electron chi connectivity index (χ4n) is 3.60.